The summed E-state index contributed by atoms with van der Waals surface area (Å²) in [5.74, 6) is 1.39. The summed E-state index contributed by atoms with van der Waals surface area (Å²) in [4.78, 5) is 11.2. The van der Waals surface area contributed by atoms with Crippen molar-refractivity contribution in [3.63, 3.8) is 0 Å². The topological polar surface area (TPSA) is 35.1 Å². The van der Waals surface area contributed by atoms with Gasteiger partial charge in [0.05, 0.1) is 57.3 Å². The molecule has 6 bridgehead atoms. The van der Waals surface area contributed by atoms with Crippen LogP contribution in [0.25, 0.3) is 76.4 Å². The van der Waals surface area contributed by atoms with E-state index in [1.807, 2.05) is 0 Å². The van der Waals surface area contributed by atoms with Crippen LogP contribution in [0.2, 0.25) is 0 Å². The van der Waals surface area contributed by atoms with Gasteiger partial charge in [0.25, 0.3) is 0 Å². The molecule has 4 heteroatoms. The Hall–Kier alpha value is -6.52. The molecule has 60 heavy (non-hydrogen) atoms. The second kappa shape index (κ2) is 9.74. The van der Waals surface area contributed by atoms with E-state index in [1.165, 1.54) is 154 Å². The number of benzene rings is 6. The average Bonchev–Trinajstić information content (AvgIpc) is 3.89. The monoisotopic (exact) mass is 766 g/mol. The van der Waals surface area contributed by atoms with Crippen molar-refractivity contribution in [2.45, 2.75) is 62.2 Å². The first kappa shape index (κ1) is 30.5. The van der Waals surface area contributed by atoms with Gasteiger partial charge in [-0.15, -0.1) is 0 Å². The predicted molar refractivity (Wildman–Crippen MR) is 241 cm³/mol. The molecule has 10 aliphatic rings. The zero-order valence-corrected chi connectivity index (χ0v) is 33.0. The lowest BCUT2D eigenvalue weighted by Gasteiger charge is -2.67. The number of hydrogen-bond donors (Lipinski definition) is 0. The molecule has 4 nitrogen and oxygen atoms in total. The van der Waals surface area contributed by atoms with Crippen LogP contribution in [0.4, 0.5) is 0 Å². The van der Waals surface area contributed by atoms with E-state index in [-0.39, 0.29) is 11.8 Å². The molecule has 0 aliphatic heterocycles. The predicted octanol–water partition coefficient (Wildman–Crippen LogP) is 13.4. The third-order valence-electron chi connectivity index (χ3n) is 17.2. The van der Waals surface area contributed by atoms with Gasteiger partial charge in [-0.2, -0.15) is 0 Å². The van der Waals surface area contributed by atoms with Gasteiger partial charge in [0.2, 0.25) is 0 Å². The van der Waals surface area contributed by atoms with Crippen LogP contribution in [0.15, 0.2) is 134 Å². The van der Waals surface area contributed by atoms with Crippen LogP contribution in [0.5, 0.6) is 0 Å². The van der Waals surface area contributed by atoms with E-state index in [9.17, 15) is 0 Å². The first-order chi connectivity index (χ1) is 29.7. The van der Waals surface area contributed by atoms with Gasteiger partial charge in [0, 0.05) is 55.2 Å². The second-order valence-corrected chi connectivity index (χ2v) is 20.1. The Morgan fingerprint density at radius 3 is 1.85 bits per heavy atom. The Morgan fingerprint density at radius 1 is 0.467 bits per heavy atom. The zero-order valence-electron chi connectivity index (χ0n) is 33.0. The molecule has 5 aromatic heterocycles. The lowest BCUT2D eigenvalue weighted by atomic mass is 9.37. The third kappa shape index (κ3) is 3.23. The minimum atomic E-state index is 0.109. The number of para-hydroxylation sites is 1. The van der Waals surface area contributed by atoms with Crippen LogP contribution in [0, 0.1) is 10.8 Å². The summed E-state index contributed by atoms with van der Waals surface area (Å²) in [5.41, 5.74) is 20.0. The summed E-state index contributed by atoms with van der Waals surface area (Å²) in [6, 6.07) is 46.0. The average molecular weight is 767 g/mol. The lowest BCUT2D eigenvalue weighted by molar-refractivity contribution is -0.150. The summed E-state index contributed by atoms with van der Waals surface area (Å²) < 4.78 is 5.24. The molecule has 21 rings (SSSR count). The summed E-state index contributed by atoms with van der Waals surface area (Å²) in [6.45, 7) is 0. The standard InChI is InChI=1S/C56H38N4/c1-2-12-32-29(10-1)11-9-19-39(32)59-40-18-8-7-17-37(40)47-41(59)20-38-48-42(25-57-52-31-23-55-21-30(44(48)52)22-56(24-31,27-55)28-55)60-43-26-58-53-46-35-15-5-3-13-33(35)45(34-14-4-6-16-36(34)46)50(53)49(43)51(47)54(38)60/h1-20,25-26,30-31,45-46H,21-24,27-28H2. The highest BCUT2D eigenvalue weighted by molar-refractivity contribution is 6.36. The highest BCUT2D eigenvalue weighted by Gasteiger charge is 2.66. The number of aromatic nitrogens is 4. The molecule has 6 aromatic carbocycles. The minimum absolute atomic E-state index is 0.109. The van der Waals surface area contributed by atoms with Gasteiger partial charge in [-0.1, -0.05) is 103 Å². The molecule has 5 heterocycles. The van der Waals surface area contributed by atoms with Gasteiger partial charge >= 0.3 is 0 Å². The molecule has 11 aromatic rings. The van der Waals surface area contributed by atoms with E-state index in [4.69, 9.17) is 9.97 Å². The van der Waals surface area contributed by atoms with Crippen LogP contribution in [-0.4, -0.2) is 18.9 Å². The molecule has 5 saturated carbocycles. The van der Waals surface area contributed by atoms with Crippen molar-refractivity contribution in [1.29, 1.82) is 0 Å². The van der Waals surface area contributed by atoms with E-state index < -0.39 is 0 Å². The maximum absolute atomic E-state index is 5.60. The van der Waals surface area contributed by atoms with E-state index in [0.717, 1.165) is 0 Å². The Morgan fingerprint density at radius 2 is 1.08 bits per heavy atom. The molecule has 2 spiro atoms. The van der Waals surface area contributed by atoms with Crippen molar-refractivity contribution in [2.24, 2.45) is 10.8 Å². The quantitative estimate of drug-likeness (QED) is 0.167. The molecular weight excluding hydrogens is 729 g/mol. The molecule has 0 saturated heterocycles. The van der Waals surface area contributed by atoms with Crippen LogP contribution < -0.4 is 0 Å². The molecule has 10 aliphatic carbocycles. The molecule has 0 radical (unpaired) electrons. The van der Waals surface area contributed by atoms with Crippen LogP contribution in [-0.2, 0) is 0 Å². The van der Waals surface area contributed by atoms with Crippen LogP contribution in [0.1, 0.15) is 107 Å². The smallest absolute Gasteiger partial charge is 0.0729 e. The van der Waals surface area contributed by atoms with Crippen LogP contribution >= 0.6 is 0 Å². The normalized spacial score (nSPS) is 26.4. The Kier molecular flexibility index (Phi) is 4.95. The maximum Gasteiger partial charge on any atom is 0.0729 e. The second-order valence-electron chi connectivity index (χ2n) is 20.1. The molecule has 0 amide bonds. The van der Waals surface area contributed by atoms with Crippen molar-refractivity contribution in [2.75, 3.05) is 0 Å². The highest BCUT2D eigenvalue weighted by Crippen LogP contribution is 2.78. The van der Waals surface area contributed by atoms with Gasteiger partial charge in [0.15, 0.2) is 0 Å². The SMILES string of the molecule is c1ccc2c(c1)C1c3ccccc3C2c2c1ncc1c2c2c3c4ccccc4n(-c4cccc5ccccc45)c3cc3c4c5c(ncc4n1c32)C1CC23CC5CC(C1)(C2)C3. The van der Waals surface area contributed by atoms with E-state index in [1.54, 1.807) is 5.56 Å². The van der Waals surface area contributed by atoms with E-state index >= 15 is 0 Å². The number of hydrogen-bond acceptors (Lipinski definition) is 2. The molecule has 0 atom stereocenters. The number of nitrogens with zero attached hydrogens (tertiary/aromatic N) is 4. The largest absolute Gasteiger partial charge is 0.309 e. The zero-order chi connectivity index (χ0) is 38.4. The lowest BCUT2D eigenvalue weighted by Crippen LogP contribution is -2.56. The fourth-order valence-corrected chi connectivity index (χ4v) is 16.0. The maximum atomic E-state index is 5.60. The van der Waals surface area contributed by atoms with Gasteiger partial charge in [-0.05, 0) is 112 Å². The Labute approximate surface area is 345 Å². The summed E-state index contributed by atoms with van der Waals surface area (Å²) in [6.07, 6.45) is 12.8. The summed E-state index contributed by atoms with van der Waals surface area (Å²) >= 11 is 0. The fraction of sp³-hybridized carbons (Fsp3) is 0.214. The first-order valence-corrected chi connectivity index (χ1v) is 22.3. The van der Waals surface area contributed by atoms with Gasteiger partial charge in [-0.25, -0.2) is 0 Å². The number of rotatable bonds is 1. The Bertz CT molecular complexity index is 3760. The highest BCUT2D eigenvalue weighted by atomic mass is 15.0. The number of pyridine rings is 2. The van der Waals surface area contributed by atoms with Gasteiger partial charge in [-0.3, -0.25) is 9.97 Å². The third-order valence-corrected chi connectivity index (χ3v) is 17.2. The minimum Gasteiger partial charge on any atom is -0.309 e. The van der Waals surface area contributed by atoms with E-state index in [0.29, 0.717) is 22.7 Å². The van der Waals surface area contributed by atoms with Crippen molar-refractivity contribution < 1.29 is 0 Å². The molecule has 0 N–H and O–H groups in total. The fourth-order valence-electron chi connectivity index (χ4n) is 16.0. The first-order valence-electron chi connectivity index (χ1n) is 22.3. The Balaban J connectivity index is 1.11. The molecule has 5 fully saturated rings. The van der Waals surface area contributed by atoms with Crippen LogP contribution in [0.3, 0.4) is 0 Å². The molecular formula is C56H38N4. The number of fused-ring (bicyclic) bond motifs is 11. The van der Waals surface area contributed by atoms with Crippen molar-refractivity contribution >= 4 is 70.7 Å². The van der Waals surface area contributed by atoms with Gasteiger partial charge in [0.1, 0.15) is 0 Å². The molecule has 282 valence electrons. The molecule has 0 unspecified atom stereocenters. The van der Waals surface area contributed by atoms with Crippen molar-refractivity contribution in [3.8, 4) is 5.69 Å². The van der Waals surface area contributed by atoms with Gasteiger partial charge < -0.3 is 8.97 Å². The summed E-state index contributed by atoms with van der Waals surface area (Å²) in [7, 11) is 0. The van der Waals surface area contributed by atoms with E-state index in [2.05, 4.69) is 143 Å². The van der Waals surface area contributed by atoms with Crippen molar-refractivity contribution in [3.05, 3.63) is 178 Å². The summed E-state index contributed by atoms with van der Waals surface area (Å²) in [5, 5.41) is 10.8. The van der Waals surface area contributed by atoms with Crippen molar-refractivity contribution in [1.82, 2.24) is 18.9 Å².